The van der Waals surface area contributed by atoms with Crippen LogP contribution in [0.2, 0.25) is 0 Å². The first kappa shape index (κ1) is 16.7. The summed E-state index contributed by atoms with van der Waals surface area (Å²) in [4.78, 5) is 19.4. The van der Waals surface area contributed by atoms with E-state index in [9.17, 15) is 4.79 Å². The molecule has 0 saturated heterocycles. The Balaban J connectivity index is 1.93. The molecule has 4 heteroatoms. The van der Waals surface area contributed by atoms with Crippen LogP contribution in [0.3, 0.4) is 0 Å². The lowest BCUT2D eigenvalue weighted by Gasteiger charge is -2.04. The molecule has 3 rings (SSSR count). The summed E-state index contributed by atoms with van der Waals surface area (Å²) >= 11 is 0. The predicted molar refractivity (Wildman–Crippen MR) is 102 cm³/mol. The lowest BCUT2D eigenvalue weighted by Crippen LogP contribution is -2.12. The van der Waals surface area contributed by atoms with Crippen molar-refractivity contribution in [2.45, 2.75) is 19.8 Å². The molecule has 0 spiro atoms. The minimum atomic E-state index is -0.413. The van der Waals surface area contributed by atoms with Crippen LogP contribution < -0.4 is 5.73 Å². The van der Waals surface area contributed by atoms with Crippen molar-refractivity contribution in [3.63, 3.8) is 0 Å². The number of hydrogen-bond donors (Lipinski definition) is 2. The van der Waals surface area contributed by atoms with Gasteiger partial charge in [-0.15, -0.1) is 0 Å². The van der Waals surface area contributed by atoms with Gasteiger partial charge in [0.15, 0.2) is 0 Å². The lowest BCUT2D eigenvalue weighted by molar-refractivity contribution is 0.0999. The van der Waals surface area contributed by atoms with Crippen LogP contribution in [-0.4, -0.2) is 15.9 Å². The van der Waals surface area contributed by atoms with Gasteiger partial charge in [0.25, 0.3) is 5.91 Å². The summed E-state index contributed by atoms with van der Waals surface area (Å²) in [5.41, 5.74) is 10.7. The van der Waals surface area contributed by atoms with E-state index in [1.807, 2.05) is 74.5 Å². The van der Waals surface area contributed by atoms with Crippen molar-refractivity contribution in [3.05, 3.63) is 77.2 Å². The number of aromatic nitrogens is 2. The summed E-state index contributed by atoms with van der Waals surface area (Å²) < 4.78 is 0. The van der Waals surface area contributed by atoms with E-state index in [1.54, 1.807) is 6.20 Å². The van der Waals surface area contributed by atoms with E-state index in [1.165, 1.54) is 0 Å². The van der Waals surface area contributed by atoms with Crippen molar-refractivity contribution < 1.29 is 4.79 Å². The summed E-state index contributed by atoms with van der Waals surface area (Å²) in [7, 11) is 0. The van der Waals surface area contributed by atoms with E-state index < -0.39 is 5.91 Å². The maximum Gasteiger partial charge on any atom is 0.250 e. The Morgan fingerprint density at radius 1 is 1.12 bits per heavy atom. The van der Waals surface area contributed by atoms with Crippen LogP contribution in [0.15, 0.2) is 54.7 Å². The summed E-state index contributed by atoms with van der Waals surface area (Å²) in [5.74, 6) is -0.222. The number of primary amides is 1. The number of hydrogen-bond acceptors (Lipinski definition) is 2. The highest BCUT2D eigenvalue weighted by atomic mass is 16.1. The van der Waals surface area contributed by atoms with Crippen LogP contribution in [-0.2, 0) is 0 Å². The number of carbonyl (C=O) groups excluding carboxylic acids is 1. The zero-order valence-electron chi connectivity index (χ0n) is 14.4. The van der Waals surface area contributed by atoms with E-state index in [-0.39, 0.29) is 5.92 Å². The Hall–Kier alpha value is -3.14. The molecule has 0 aliphatic rings. The molecule has 4 nitrogen and oxygen atoms in total. The molecule has 0 radical (unpaired) electrons. The molecule has 2 aromatic heterocycles. The standard InChI is InChI=1S/C21H21N3O/c1-14(2)20-18(21(22)25)13-19(24-20)16-10-11-23-17(12-16)9-8-15-6-4-3-5-7-15/h3-14,24H,1-2H3,(H2,22,25)/b9-8+. The first-order chi connectivity index (χ1) is 12.0. The van der Waals surface area contributed by atoms with Crippen LogP contribution in [0, 0.1) is 0 Å². The molecule has 126 valence electrons. The molecule has 3 N–H and O–H groups in total. The van der Waals surface area contributed by atoms with Crippen LogP contribution in [0.1, 0.15) is 47.1 Å². The first-order valence-electron chi connectivity index (χ1n) is 8.27. The highest BCUT2D eigenvalue weighted by molar-refractivity contribution is 5.95. The van der Waals surface area contributed by atoms with Crippen LogP contribution in [0.5, 0.6) is 0 Å². The fraction of sp³-hybridized carbons (Fsp3) is 0.143. The van der Waals surface area contributed by atoms with Crippen molar-refractivity contribution in [2.24, 2.45) is 5.73 Å². The Labute approximate surface area is 147 Å². The number of rotatable bonds is 5. The second kappa shape index (κ2) is 7.18. The molecule has 0 saturated carbocycles. The number of benzene rings is 1. The average Bonchev–Trinajstić information content (AvgIpc) is 3.07. The Morgan fingerprint density at radius 3 is 2.52 bits per heavy atom. The third-order valence-corrected chi connectivity index (χ3v) is 4.03. The monoisotopic (exact) mass is 331 g/mol. The molecule has 3 aromatic rings. The van der Waals surface area contributed by atoms with Crippen molar-refractivity contribution in [1.82, 2.24) is 9.97 Å². The molecule has 0 fully saturated rings. The fourth-order valence-corrected chi connectivity index (χ4v) is 2.74. The molecule has 0 unspecified atom stereocenters. The lowest BCUT2D eigenvalue weighted by atomic mass is 10.1. The number of nitrogens with one attached hydrogen (secondary N) is 1. The van der Waals surface area contributed by atoms with Gasteiger partial charge < -0.3 is 10.7 Å². The predicted octanol–water partition coefficient (Wildman–Crippen LogP) is 4.47. The smallest absolute Gasteiger partial charge is 0.250 e. The molecule has 25 heavy (non-hydrogen) atoms. The third kappa shape index (κ3) is 3.86. The van der Waals surface area contributed by atoms with Crippen molar-refractivity contribution >= 4 is 18.1 Å². The minimum Gasteiger partial charge on any atom is -0.366 e. The largest absolute Gasteiger partial charge is 0.366 e. The van der Waals surface area contributed by atoms with Gasteiger partial charge in [0.2, 0.25) is 0 Å². The van der Waals surface area contributed by atoms with Gasteiger partial charge >= 0.3 is 0 Å². The van der Waals surface area contributed by atoms with E-state index in [0.29, 0.717) is 5.56 Å². The molecule has 0 atom stereocenters. The van der Waals surface area contributed by atoms with Gasteiger partial charge in [-0.3, -0.25) is 9.78 Å². The van der Waals surface area contributed by atoms with Gasteiger partial charge in [-0.05, 0) is 35.8 Å². The van der Waals surface area contributed by atoms with Crippen molar-refractivity contribution in [2.75, 3.05) is 0 Å². The molecular formula is C21H21N3O. The zero-order chi connectivity index (χ0) is 17.8. The second-order valence-corrected chi connectivity index (χ2v) is 6.24. The van der Waals surface area contributed by atoms with Gasteiger partial charge in [0.1, 0.15) is 0 Å². The number of nitrogens with zero attached hydrogens (tertiary/aromatic N) is 1. The molecular weight excluding hydrogens is 310 g/mol. The maximum absolute atomic E-state index is 11.7. The fourth-order valence-electron chi connectivity index (χ4n) is 2.74. The van der Waals surface area contributed by atoms with Gasteiger partial charge in [0, 0.05) is 23.1 Å². The van der Waals surface area contributed by atoms with Crippen LogP contribution >= 0.6 is 0 Å². The topological polar surface area (TPSA) is 71.8 Å². The third-order valence-electron chi connectivity index (χ3n) is 4.03. The highest BCUT2D eigenvalue weighted by Crippen LogP contribution is 2.26. The second-order valence-electron chi connectivity index (χ2n) is 6.24. The normalized spacial score (nSPS) is 11.3. The zero-order valence-corrected chi connectivity index (χ0v) is 14.4. The van der Waals surface area contributed by atoms with Gasteiger partial charge in [-0.2, -0.15) is 0 Å². The van der Waals surface area contributed by atoms with E-state index >= 15 is 0 Å². The number of amides is 1. The SMILES string of the molecule is CC(C)c1[nH]c(-c2ccnc(/C=C/c3ccccc3)c2)cc1C(N)=O. The summed E-state index contributed by atoms with van der Waals surface area (Å²) in [6.45, 7) is 4.06. The van der Waals surface area contributed by atoms with Crippen LogP contribution in [0.25, 0.3) is 23.4 Å². The minimum absolute atomic E-state index is 0.190. The van der Waals surface area contributed by atoms with Gasteiger partial charge in [-0.1, -0.05) is 50.3 Å². The number of nitrogens with two attached hydrogens (primary N) is 1. The first-order valence-corrected chi connectivity index (χ1v) is 8.27. The van der Waals surface area contributed by atoms with E-state index in [2.05, 4.69) is 9.97 Å². The molecule has 0 aliphatic heterocycles. The molecule has 1 amide bonds. The quantitative estimate of drug-likeness (QED) is 0.724. The maximum atomic E-state index is 11.7. The highest BCUT2D eigenvalue weighted by Gasteiger charge is 2.16. The summed E-state index contributed by atoms with van der Waals surface area (Å²) in [5, 5.41) is 0. The summed E-state index contributed by atoms with van der Waals surface area (Å²) in [6.07, 6.45) is 5.76. The Bertz CT molecular complexity index is 908. The van der Waals surface area contributed by atoms with Crippen molar-refractivity contribution in [1.29, 1.82) is 0 Å². The number of pyridine rings is 1. The molecule has 2 heterocycles. The molecule has 0 bridgehead atoms. The number of H-pyrrole nitrogens is 1. The number of carbonyl (C=O) groups is 1. The van der Waals surface area contributed by atoms with Gasteiger partial charge in [-0.25, -0.2) is 0 Å². The Morgan fingerprint density at radius 2 is 1.88 bits per heavy atom. The molecule has 0 aliphatic carbocycles. The van der Waals surface area contributed by atoms with E-state index in [4.69, 9.17) is 5.73 Å². The Kier molecular flexibility index (Phi) is 4.80. The number of aromatic amines is 1. The molecule has 1 aromatic carbocycles. The van der Waals surface area contributed by atoms with Gasteiger partial charge in [0.05, 0.1) is 11.3 Å². The average molecular weight is 331 g/mol. The van der Waals surface area contributed by atoms with Crippen molar-refractivity contribution in [3.8, 4) is 11.3 Å². The van der Waals surface area contributed by atoms with E-state index in [0.717, 1.165) is 28.2 Å². The summed E-state index contributed by atoms with van der Waals surface area (Å²) in [6, 6.07) is 15.8. The van der Waals surface area contributed by atoms with Crippen LogP contribution in [0.4, 0.5) is 0 Å².